The molecule has 1 saturated heterocycles. The van der Waals surface area contributed by atoms with Crippen LogP contribution in [-0.4, -0.2) is 70.1 Å². The Hall–Kier alpha value is -1.99. The average Bonchev–Trinajstić information content (AvgIpc) is 2.65. The Kier molecular flexibility index (Phi) is 6.36. The lowest BCUT2D eigenvalue weighted by molar-refractivity contribution is 0.0375. The first-order valence-corrected chi connectivity index (χ1v) is 8.89. The number of urea groups is 1. The van der Waals surface area contributed by atoms with Crippen molar-refractivity contribution in [2.45, 2.75) is 18.9 Å². The largest absolute Gasteiger partial charge is 0.497 e. The van der Waals surface area contributed by atoms with Gasteiger partial charge in [-0.05, 0) is 43.1 Å². The van der Waals surface area contributed by atoms with Crippen molar-refractivity contribution >= 4 is 6.03 Å². The molecule has 2 aliphatic rings. The number of benzene rings is 1. The van der Waals surface area contributed by atoms with Gasteiger partial charge >= 0.3 is 6.03 Å². The monoisotopic (exact) mass is 349 g/mol. The zero-order valence-electron chi connectivity index (χ0n) is 14.8. The van der Waals surface area contributed by atoms with Gasteiger partial charge < -0.3 is 24.8 Å². The third kappa shape index (κ3) is 5.24. The molecule has 2 heterocycles. The van der Waals surface area contributed by atoms with Crippen LogP contribution in [0.2, 0.25) is 0 Å². The van der Waals surface area contributed by atoms with Crippen molar-refractivity contribution in [3.8, 4) is 11.5 Å². The van der Waals surface area contributed by atoms with Crippen molar-refractivity contribution in [1.82, 2.24) is 15.5 Å². The van der Waals surface area contributed by atoms with E-state index in [0.717, 1.165) is 62.8 Å². The second-order valence-corrected chi connectivity index (χ2v) is 6.39. The molecule has 7 nitrogen and oxygen atoms in total. The second-order valence-electron chi connectivity index (χ2n) is 6.39. The first kappa shape index (κ1) is 17.8. The highest BCUT2D eigenvalue weighted by Crippen LogP contribution is 2.28. The van der Waals surface area contributed by atoms with E-state index in [0.29, 0.717) is 13.2 Å². The van der Waals surface area contributed by atoms with Crippen molar-refractivity contribution < 1.29 is 19.0 Å². The smallest absolute Gasteiger partial charge is 0.315 e. The Balaban J connectivity index is 1.36. The number of nitrogens with one attached hydrogen (secondary N) is 2. The molecule has 138 valence electrons. The zero-order chi connectivity index (χ0) is 17.5. The van der Waals surface area contributed by atoms with E-state index in [1.165, 1.54) is 0 Å². The Morgan fingerprint density at radius 3 is 3.00 bits per heavy atom. The molecule has 0 radical (unpaired) electrons. The van der Waals surface area contributed by atoms with Crippen molar-refractivity contribution in [2.75, 3.05) is 53.1 Å². The number of fused-ring (bicyclic) bond motifs is 1. The summed E-state index contributed by atoms with van der Waals surface area (Å²) in [6, 6.07) is 5.59. The van der Waals surface area contributed by atoms with Gasteiger partial charge in [-0.15, -0.1) is 0 Å². The zero-order valence-corrected chi connectivity index (χ0v) is 14.8. The average molecular weight is 349 g/mol. The number of amides is 2. The van der Waals surface area contributed by atoms with E-state index >= 15 is 0 Å². The molecule has 0 aliphatic carbocycles. The van der Waals surface area contributed by atoms with Crippen LogP contribution in [0.5, 0.6) is 11.5 Å². The lowest BCUT2D eigenvalue weighted by Crippen LogP contribution is -2.47. The molecular weight excluding hydrogens is 322 g/mol. The number of ether oxygens (including phenoxy) is 3. The minimum atomic E-state index is -0.137. The maximum Gasteiger partial charge on any atom is 0.315 e. The molecule has 25 heavy (non-hydrogen) atoms. The Morgan fingerprint density at radius 2 is 2.20 bits per heavy atom. The Labute approximate surface area is 148 Å². The molecular formula is C18H27N3O4. The van der Waals surface area contributed by atoms with Gasteiger partial charge in [-0.1, -0.05) is 0 Å². The van der Waals surface area contributed by atoms with Crippen LogP contribution >= 0.6 is 0 Å². The predicted octanol–water partition coefficient (Wildman–Crippen LogP) is 1.02. The van der Waals surface area contributed by atoms with Crippen molar-refractivity contribution in [1.29, 1.82) is 0 Å². The number of nitrogens with zero attached hydrogens (tertiary/aromatic N) is 1. The van der Waals surface area contributed by atoms with E-state index < -0.39 is 0 Å². The lowest BCUT2D eigenvalue weighted by atomic mass is 10.0. The molecule has 0 bridgehead atoms. The second kappa shape index (κ2) is 8.92. The third-order valence-electron chi connectivity index (χ3n) is 4.55. The number of rotatable bonds is 6. The van der Waals surface area contributed by atoms with Crippen LogP contribution in [0.3, 0.4) is 0 Å². The Bertz CT molecular complexity index is 575. The maximum atomic E-state index is 12.1. The molecule has 1 aromatic carbocycles. The van der Waals surface area contributed by atoms with Crippen LogP contribution in [0.25, 0.3) is 0 Å². The van der Waals surface area contributed by atoms with Gasteiger partial charge in [0, 0.05) is 19.6 Å². The number of hydrogen-bond acceptors (Lipinski definition) is 5. The fourth-order valence-electron chi connectivity index (χ4n) is 3.16. The van der Waals surface area contributed by atoms with E-state index in [1.807, 2.05) is 18.2 Å². The first-order valence-electron chi connectivity index (χ1n) is 8.89. The summed E-state index contributed by atoms with van der Waals surface area (Å²) in [5.74, 6) is 1.67. The molecule has 1 fully saturated rings. The number of hydrogen-bond donors (Lipinski definition) is 2. The highest BCUT2D eigenvalue weighted by atomic mass is 16.5. The van der Waals surface area contributed by atoms with Gasteiger partial charge in [0.05, 0.1) is 26.4 Å². The molecule has 0 saturated carbocycles. The summed E-state index contributed by atoms with van der Waals surface area (Å²) in [4.78, 5) is 14.4. The van der Waals surface area contributed by atoms with E-state index in [1.54, 1.807) is 7.11 Å². The number of morpholine rings is 1. The minimum absolute atomic E-state index is 0.0288. The highest BCUT2D eigenvalue weighted by molar-refractivity contribution is 5.74. The molecule has 0 aromatic heterocycles. The maximum absolute atomic E-state index is 12.1. The van der Waals surface area contributed by atoms with Crippen LogP contribution < -0.4 is 20.1 Å². The molecule has 3 rings (SSSR count). The molecule has 7 heteroatoms. The quantitative estimate of drug-likeness (QED) is 0.751. The topological polar surface area (TPSA) is 72.1 Å². The molecule has 0 spiro atoms. The Morgan fingerprint density at radius 1 is 1.36 bits per heavy atom. The van der Waals surface area contributed by atoms with E-state index in [-0.39, 0.29) is 12.1 Å². The minimum Gasteiger partial charge on any atom is -0.497 e. The summed E-state index contributed by atoms with van der Waals surface area (Å²) in [6.45, 7) is 5.72. The lowest BCUT2D eigenvalue weighted by Gasteiger charge is -2.27. The van der Waals surface area contributed by atoms with Gasteiger partial charge in [-0.3, -0.25) is 4.90 Å². The van der Waals surface area contributed by atoms with Crippen LogP contribution in [-0.2, 0) is 11.2 Å². The van der Waals surface area contributed by atoms with Crippen LogP contribution in [0.15, 0.2) is 18.2 Å². The van der Waals surface area contributed by atoms with Crippen molar-refractivity contribution in [3.63, 3.8) is 0 Å². The van der Waals surface area contributed by atoms with Crippen LogP contribution in [0, 0.1) is 0 Å². The summed E-state index contributed by atoms with van der Waals surface area (Å²) < 4.78 is 16.3. The first-order chi connectivity index (χ1) is 12.2. The van der Waals surface area contributed by atoms with E-state index in [4.69, 9.17) is 14.2 Å². The summed E-state index contributed by atoms with van der Waals surface area (Å²) in [6.07, 6.45) is 1.68. The molecule has 1 atom stereocenters. The SMILES string of the molecule is COc1ccc2c(c1)C[C@H](NC(=O)NCCCN1CCOCC1)CO2. The van der Waals surface area contributed by atoms with E-state index in [9.17, 15) is 4.79 Å². The van der Waals surface area contributed by atoms with Gasteiger partial charge in [0.15, 0.2) is 0 Å². The summed E-state index contributed by atoms with van der Waals surface area (Å²) in [5, 5.41) is 5.91. The summed E-state index contributed by atoms with van der Waals surface area (Å²) in [5.41, 5.74) is 1.06. The van der Waals surface area contributed by atoms with Crippen molar-refractivity contribution in [2.24, 2.45) is 0 Å². The fourth-order valence-corrected chi connectivity index (χ4v) is 3.16. The van der Waals surface area contributed by atoms with Crippen LogP contribution in [0.4, 0.5) is 4.79 Å². The van der Waals surface area contributed by atoms with Gasteiger partial charge in [0.25, 0.3) is 0 Å². The molecule has 0 unspecified atom stereocenters. The van der Waals surface area contributed by atoms with E-state index in [2.05, 4.69) is 15.5 Å². The van der Waals surface area contributed by atoms with Gasteiger partial charge in [0.2, 0.25) is 0 Å². The highest BCUT2D eigenvalue weighted by Gasteiger charge is 2.21. The summed E-state index contributed by atoms with van der Waals surface area (Å²) >= 11 is 0. The summed E-state index contributed by atoms with van der Waals surface area (Å²) in [7, 11) is 1.64. The van der Waals surface area contributed by atoms with Crippen molar-refractivity contribution in [3.05, 3.63) is 23.8 Å². The molecule has 2 aliphatic heterocycles. The third-order valence-corrected chi connectivity index (χ3v) is 4.55. The normalized spacial score (nSPS) is 20.3. The fraction of sp³-hybridized carbons (Fsp3) is 0.611. The van der Waals surface area contributed by atoms with Gasteiger partial charge in [-0.2, -0.15) is 0 Å². The number of carbonyl (C=O) groups excluding carboxylic acids is 1. The van der Waals surface area contributed by atoms with Gasteiger partial charge in [-0.25, -0.2) is 4.79 Å². The molecule has 2 N–H and O–H groups in total. The predicted molar refractivity (Wildman–Crippen MR) is 94.4 cm³/mol. The standard InChI is InChI=1S/C18H27N3O4/c1-23-16-3-4-17-14(12-16)11-15(13-25-17)20-18(22)19-5-2-6-21-7-9-24-10-8-21/h3-4,12,15H,2,5-11,13H2,1H3,(H2,19,20,22)/t15-/m0/s1. The molecule has 1 aromatic rings. The number of methoxy groups -OCH3 is 1. The van der Waals surface area contributed by atoms with Gasteiger partial charge in [0.1, 0.15) is 18.1 Å². The van der Waals surface area contributed by atoms with Crippen LogP contribution in [0.1, 0.15) is 12.0 Å². The molecule has 2 amide bonds. The number of carbonyl (C=O) groups is 1.